The number of benzene rings is 1. The van der Waals surface area contributed by atoms with E-state index in [0.717, 1.165) is 70.0 Å². The van der Waals surface area contributed by atoms with Gasteiger partial charge in [-0.25, -0.2) is 9.97 Å². The van der Waals surface area contributed by atoms with Gasteiger partial charge in [0.1, 0.15) is 11.5 Å². The van der Waals surface area contributed by atoms with Gasteiger partial charge in [0, 0.05) is 50.9 Å². The fraction of sp³-hybridized carbons (Fsp3) is 0.522. The molecule has 6 heteroatoms. The molecule has 29 heavy (non-hydrogen) atoms. The highest BCUT2D eigenvalue weighted by Gasteiger charge is 2.22. The van der Waals surface area contributed by atoms with Crippen molar-refractivity contribution in [3.05, 3.63) is 42.1 Å². The summed E-state index contributed by atoms with van der Waals surface area (Å²) in [5.41, 5.74) is 1.43. The summed E-state index contributed by atoms with van der Waals surface area (Å²) < 4.78 is 0. The predicted molar refractivity (Wildman–Crippen MR) is 118 cm³/mol. The molecule has 1 aliphatic heterocycles. The lowest BCUT2D eigenvalue weighted by Crippen LogP contribution is -2.46. The summed E-state index contributed by atoms with van der Waals surface area (Å²) >= 11 is 0. The van der Waals surface area contributed by atoms with Gasteiger partial charge in [0.2, 0.25) is 0 Å². The number of piperazine rings is 1. The number of aromatic nitrogens is 2. The van der Waals surface area contributed by atoms with Gasteiger partial charge in [0.25, 0.3) is 5.91 Å². The Labute approximate surface area is 174 Å². The summed E-state index contributed by atoms with van der Waals surface area (Å²) in [7, 11) is 0. The Hall–Kier alpha value is -2.47. The maximum Gasteiger partial charge on any atom is 0.272 e. The minimum Gasteiger partial charge on any atom is -0.354 e. The molecule has 1 aromatic carbocycles. The minimum atomic E-state index is 0.00160. The van der Waals surface area contributed by atoms with Crippen molar-refractivity contribution in [2.75, 3.05) is 50.7 Å². The Kier molecular flexibility index (Phi) is 7.58. The Morgan fingerprint density at radius 3 is 2.21 bits per heavy atom. The second-order valence-corrected chi connectivity index (χ2v) is 7.51. The van der Waals surface area contributed by atoms with Gasteiger partial charge >= 0.3 is 0 Å². The molecule has 0 spiro atoms. The normalized spacial score (nSPS) is 14.8. The molecule has 0 saturated carbocycles. The van der Waals surface area contributed by atoms with E-state index in [9.17, 15) is 4.79 Å². The minimum absolute atomic E-state index is 0.00160. The smallest absolute Gasteiger partial charge is 0.272 e. The van der Waals surface area contributed by atoms with Gasteiger partial charge in [0.15, 0.2) is 5.82 Å². The van der Waals surface area contributed by atoms with E-state index in [1.807, 2.05) is 41.3 Å². The van der Waals surface area contributed by atoms with Gasteiger partial charge in [-0.3, -0.25) is 4.79 Å². The van der Waals surface area contributed by atoms with Crippen molar-refractivity contribution >= 4 is 11.7 Å². The van der Waals surface area contributed by atoms with Crippen LogP contribution in [0.3, 0.4) is 0 Å². The van der Waals surface area contributed by atoms with Crippen LogP contribution in [-0.4, -0.2) is 71.5 Å². The van der Waals surface area contributed by atoms with E-state index in [1.54, 1.807) is 0 Å². The maximum absolute atomic E-state index is 13.3. The highest BCUT2D eigenvalue weighted by molar-refractivity contribution is 5.93. The maximum atomic E-state index is 13.3. The molecule has 2 heterocycles. The zero-order valence-electron chi connectivity index (χ0n) is 18.0. The fourth-order valence-corrected chi connectivity index (χ4v) is 3.73. The Bertz CT molecular complexity index is 781. The second kappa shape index (κ2) is 10.3. The van der Waals surface area contributed by atoms with E-state index in [-0.39, 0.29) is 5.91 Å². The third-order valence-corrected chi connectivity index (χ3v) is 5.38. The van der Waals surface area contributed by atoms with E-state index in [4.69, 9.17) is 4.98 Å². The van der Waals surface area contributed by atoms with Crippen molar-refractivity contribution in [1.29, 1.82) is 0 Å². The second-order valence-electron chi connectivity index (χ2n) is 7.51. The van der Waals surface area contributed by atoms with Crippen molar-refractivity contribution < 1.29 is 4.79 Å². The van der Waals surface area contributed by atoms with Crippen LogP contribution in [0.4, 0.5) is 5.82 Å². The van der Waals surface area contributed by atoms with Crippen LogP contribution in [-0.2, 0) is 0 Å². The van der Waals surface area contributed by atoms with Crippen molar-refractivity contribution in [3.63, 3.8) is 0 Å². The lowest BCUT2D eigenvalue weighted by molar-refractivity contribution is 0.0749. The molecule has 156 valence electrons. The third kappa shape index (κ3) is 5.32. The number of amides is 1. The molecular formula is C23H33N5O. The summed E-state index contributed by atoms with van der Waals surface area (Å²) in [5.74, 6) is 1.48. The van der Waals surface area contributed by atoms with Crippen molar-refractivity contribution in [2.24, 2.45) is 0 Å². The zero-order chi connectivity index (χ0) is 20.6. The SMILES string of the molecule is CCCN(CCC)C(=O)c1cc(N2CCN(CC)CC2)nc(-c2ccccc2)n1. The number of anilines is 1. The quantitative estimate of drug-likeness (QED) is 0.684. The first kappa shape index (κ1) is 21.2. The molecule has 0 aliphatic carbocycles. The van der Waals surface area contributed by atoms with Crippen molar-refractivity contribution in [1.82, 2.24) is 19.8 Å². The van der Waals surface area contributed by atoms with Crippen LogP contribution >= 0.6 is 0 Å². The predicted octanol–water partition coefficient (Wildman–Crippen LogP) is 3.55. The molecule has 1 aromatic heterocycles. The molecule has 0 atom stereocenters. The van der Waals surface area contributed by atoms with Gasteiger partial charge < -0.3 is 14.7 Å². The average Bonchev–Trinajstić information content (AvgIpc) is 2.79. The standard InChI is InChI=1S/C23H33N5O/c1-4-12-28(13-5-2)23(29)20-18-21(27-16-14-26(6-3)15-17-27)25-22(24-20)19-10-8-7-9-11-19/h7-11,18H,4-6,12-17H2,1-3H3. The molecule has 1 fully saturated rings. The number of nitrogens with zero attached hydrogens (tertiary/aromatic N) is 5. The number of hydrogen-bond acceptors (Lipinski definition) is 5. The largest absolute Gasteiger partial charge is 0.354 e. The zero-order valence-corrected chi connectivity index (χ0v) is 18.0. The van der Waals surface area contributed by atoms with Crippen molar-refractivity contribution in [2.45, 2.75) is 33.6 Å². The molecule has 0 radical (unpaired) electrons. The molecule has 1 aliphatic rings. The molecule has 0 N–H and O–H groups in total. The summed E-state index contributed by atoms with van der Waals surface area (Å²) in [6, 6.07) is 11.8. The molecule has 1 amide bonds. The van der Waals surface area contributed by atoms with Gasteiger partial charge in [-0.05, 0) is 19.4 Å². The van der Waals surface area contributed by atoms with Gasteiger partial charge in [-0.2, -0.15) is 0 Å². The van der Waals surface area contributed by atoms with Crippen LogP contribution in [0.25, 0.3) is 11.4 Å². The van der Waals surface area contributed by atoms with E-state index < -0.39 is 0 Å². The van der Waals surface area contributed by atoms with Crippen LogP contribution in [0.2, 0.25) is 0 Å². The first-order valence-corrected chi connectivity index (χ1v) is 10.9. The molecule has 6 nitrogen and oxygen atoms in total. The molecule has 2 aromatic rings. The number of carbonyl (C=O) groups is 1. The Morgan fingerprint density at radius 1 is 0.966 bits per heavy atom. The van der Waals surface area contributed by atoms with E-state index in [0.29, 0.717) is 11.5 Å². The monoisotopic (exact) mass is 395 g/mol. The molecule has 1 saturated heterocycles. The van der Waals surface area contributed by atoms with Crippen LogP contribution in [0.15, 0.2) is 36.4 Å². The topological polar surface area (TPSA) is 52.6 Å². The lowest BCUT2D eigenvalue weighted by Gasteiger charge is -2.35. The molecule has 0 unspecified atom stereocenters. The first-order chi connectivity index (χ1) is 14.2. The number of rotatable bonds is 8. The summed E-state index contributed by atoms with van der Waals surface area (Å²) in [5, 5.41) is 0. The fourth-order valence-electron chi connectivity index (χ4n) is 3.73. The van der Waals surface area contributed by atoms with Crippen LogP contribution in [0.1, 0.15) is 44.1 Å². The summed E-state index contributed by atoms with van der Waals surface area (Å²) in [4.78, 5) is 29.4. The van der Waals surface area contributed by atoms with Crippen LogP contribution < -0.4 is 4.90 Å². The van der Waals surface area contributed by atoms with E-state index in [1.165, 1.54) is 0 Å². The van der Waals surface area contributed by atoms with Crippen LogP contribution in [0, 0.1) is 0 Å². The molecule has 0 bridgehead atoms. The van der Waals surface area contributed by atoms with Crippen LogP contribution in [0.5, 0.6) is 0 Å². The Morgan fingerprint density at radius 2 is 1.62 bits per heavy atom. The van der Waals surface area contributed by atoms with E-state index >= 15 is 0 Å². The number of carbonyl (C=O) groups excluding carboxylic acids is 1. The highest BCUT2D eigenvalue weighted by Crippen LogP contribution is 2.22. The lowest BCUT2D eigenvalue weighted by atomic mass is 10.2. The van der Waals surface area contributed by atoms with Crippen molar-refractivity contribution in [3.8, 4) is 11.4 Å². The van der Waals surface area contributed by atoms with E-state index in [2.05, 4.69) is 35.6 Å². The number of hydrogen-bond donors (Lipinski definition) is 0. The highest BCUT2D eigenvalue weighted by atomic mass is 16.2. The number of likely N-dealkylation sites (N-methyl/N-ethyl adjacent to an activating group) is 1. The molecular weight excluding hydrogens is 362 g/mol. The first-order valence-electron chi connectivity index (χ1n) is 10.9. The van der Waals surface area contributed by atoms with Gasteiger partial charge in [0.05, 0.1) is 0 Å². The third-order valence-electron chi connectivity index (χ3n) is 5.38. The summed E-state index contributed by atoms with van der Waals surface area (Å²) in [6.07, 6.45) is 1.88. The molecule has 3 rings (SSSR count). The van der Waals surface area contributed by atoms with Gasteiger partial charge in [-0.1, -0.05) is 51.1 Å². The average molecular weight is 396 g/mol. The summed E-state index contributed by atoms with van der Waals surface area (Å²) in [6.45, 7) is 12.8. The Balaban J connectivity index is 1.96. The van der Waals surface area contributed by atoms with Gasteiger partial charge in [-0.15, -0.1) is 0 Å².